The molecule has 0 saturated carbocycles. The molecular weight excluding hydrogens is 331 g/mol. The average molecular weight is 345 g/mol. The highest BCUT2D eigenvalue weighted by Gasteiger charge is 2.16. The van der Waals surface area contributed by atoms with Crippen LogP contribution in [0.4, 0.5) is 4.39 Å². The van der Waals surface area contributed by atoms with Gasteiger partial charge in [-0.25, -0.2) is 9.07 Å². The first-order valence-electron chi connectivity index (χ1n) is 6.37. The molecule has 2 aromatic rings. The number of carbonyl (C=O) groups excluding carboxylic acids is 1. The van der Waals surface area contributed by atoms with Crippen LogP contribution in [-0.4, -0.2) is 43.2 Å². The van der Waals surface area contributed by atoms with Crippen LogP contribution in [0, 0.1) is 5.82 Å². The van der Waals surface area contributed by atoms with E-state index in [9.17, 15) is 13.4 Å². The first kappa shape index (κ1) is 16.6. The molecule has 6 nitrogen and oxygen atoms in total. The summed E-state index contributed by atoms with van der Waals surface area (Å²) in [7, 11) is -1.03. The van der Waals surface area contributed by atoms with E-state index in [1.807, 2.05) is 0 Å². The number of nitrogens with one attached hydrogen (secondary N) is 1. The van der Waals surface area contributed by atoms with Gasteiger partial charge in [-0.3, -0.25) is 9.00 Å². The van der Waals surface area contributed by atoms with Gasteiger partial charge in [-0.1, -0.05) is 22.9 Å². The van der Waals surface area contributed by atoms with Gasteiger partial charge in [0.1, 0.15) is 5.69 Å². The predicted octanol–water partition coefficient (Wildman–Crippen LogP) is 1.56. The molecule has 1 amide bonds. The van der Waals surface area contributed by atoms with E-state index in [4.69, 9.17) is 11.6 Å². The van der Waals surface area contributed by atoms with E-state index in [2.05, 4.69) is 15.6 Å². The summed E-state index contributed by atoms with van der Waals surface area (Å²) in [5.41, 5.74) is 0.135. The summed E-state index contributed by atoms with van der Waals surface area (Å²) in [6, 6.07) is 4.46. The van der Waals surface area contributed by atoms with Gasteiger partial charge in [-0.15, -0.1) is 5.10 Å². The molecule has 2 rings (SSSR count). The van der Waals surface area contributed by atoms with Crippen molar-refractivity contribution in [3.05, 3.63) is 40.9 Å². The van der Waals surface area contributed by atoms with Crippen LogP contribution < -0.4 is 5.32 Å². The molecule has 0 saturated heterocycles. The molecule has 0 spiro atoms. The monoisotopic (exact) mass is 344 g/mol. The van der Waals surface area contributed by atoms with Crippen molar-refractivity contribution < 1.29 is 13.4 Å². The topological polar surface area (TPSA) is 76.9 Å². The van der Waals surface area contributed by atoms with Crippen molar-refractivity contribution in [1.82, 2.24) is 20.3 Å². The fraction of sp³-hybridized carbons (Fsp3) is 0.308. The maximum absolute atomic E-state index is 13.9. The lowest BCUT2D eigenvalue weighted by Gasteiger charge is -2.08. The molecule has 0 unspecified atom stereocenters. The first-order chi connectivity index (χ1) is 10.4. The van der Waals surface area contributed by atoms with Crippen molar-refractivity contribution in [2.75, 3.05) is 12.8 Å². The Morgan fingerprint density at radius 2 is 2.27 bits per heavy atom. The number of aromatic nitrogens is 3. The molecule has 0 aliphatic rings. The zero-order valence-corrected chi connectivity index (χ0v) is 13.5. The van der Waals surface area contributed by atoms with Crippen LogP contribution in [0.25, 0.3) is 5.69 Å². The molecule has 1 N–H and O–H groups in total. The van der Waals surface area contributed by atoms with Crippen LogP contribution in [0.3, 0.4) is 0 Å². The van der Waals surface area contributed by atoms with E-state index in [-0.39, 0.29) is 28.2 Å². The molecule has 1 aromatic heterocycles. The Kier molecular flexibility index (Phi) is 5.25. The zero-order valence-electron chi connectivity index (χ0n) is 11.9. The van der Waals surface area contributed by atoms with Crippen LogP contribution in [0.2, 0.25) is 5.02 Å². The third kappa shape index (κ3) is 3.69. The standard InChI is InChI=1S/C13H14ClFN4O2S/c1-8(22(2)21)6-16-13(20)10-7-19(18-17-10)11-5-3-4-9(14)12(11)15/h3-5,7-8H,6H2,1-2H3,(H,16,20)/t8-,22-/m1/s1. The Bertz CT molecular complexity index is 722. The maximum Gasteiger partial charge on any atom is 0.273 e. The smallest absolute Gasteiger partial charge is 0.273 e. The van der Waals surface area contributed by atoms with Gasteiger partial charge in [0.15, 0.2) is 11.5 Å². The number of halogens is 2. The third-order valence-corrected chi connectivity index (χ3v) is 4.61. The normalized spacial score (nSPS) is 13.6. The van der Waals surface area contributed by atoms with E-state index in [0.29, 0.717) is 0 Å². The van der Waals surface area contributed by atoms with Crippen molar-refractivity contribution in [2.24, 2.45) is 0 Å². The van der Waals surface area contributed by atoms with Crippen LogP contribution in [0.1, 0.15) is 17.4 Å². The summed E-state index contributed by atoms with van der Waals surface area (Å²) in [4.78, 5) is 11.9. The average Bonchev–Trinajstić information content (AvgIpc) is 2.96. The highest BCUT2D eigenvalue weighted by Crippen LogP contribution is 2.20. The summed E-state index contributed by atoms with van der Waals surface area (Å²) in [6.45, 7) is 2.01. The molecule has 22 heavy (non-hydrogen) atoms. The van der Waals surface area contributed by atoms with E-state index in [1.54, 1.807) is 19.2 Å². The predicted molar refractivity (Wildman–Crippen MR) is 82.2 cm³/mol. The number of hydrogen-bond acceptors (Lipinski definition) is 4. The fourth-order valence-corrected chi connectivity index (χ4v) is 2.09. The van der Waals surface area contributed by atoms with E-state index < -0.39 is 22.5 Å². The van der Waals surface area contributed by atoms with Crippen LogP contribution in [0.15, 0.2) is 24.4 Å². The summed E-state index contributed by atoms with van der Waals surface area (Å²) < 4.78 is 26.2. The number of carbonyl (C=O) groups is 1. The minimum absolute atomic E-state index is 0.0356. The van der Waals surface area contributed by atoms with Crippen molar-refractivity contribution in [1.29, 1.82) is 0 Å². The van der Waals surface area contributed by atoms with E-state index >= 15 is 0 Å². The number of hydrogen-bond donors (Lipinski definition) is 1. The summed E-state index contributed by atoms with van der Waals surface area (Å²) in [6.07, 6.45) is 2.87. The van der Waals surface area contributed by atoms with Gasteiger partial charge in [0.25, 0.3) is 5.91 Å². The van der Waals surface area contributed by atoms with Crippen LogP contribution in [0.5, 0.6) is 0 Å². The van der Waals surface area contributed by atoms with Crippen molar-refractivity contribution in [3.63, 3.8) is 0 Å². The second-order valence-electron chi connectivity index (χ2n) is 4.64. The molecular formula is C13H14ClFN4O2S. The largest absolute Gasteiger partial charge is 0.349 e. The zero-order chi connectivity index (χ0) is 16.3. The number of benzene rings is 1. The quantitative estimate of drug-likeness (QED) is 0.893. The lowest BCUT2D eigenvalue weighted by molar-refractivity contribution is 0.0949. The van der Waals surface area contributed by atoms with Gasteiger partial charge in [-0.2, -0.15) is 0 Å². The lowest BCUT2D eigenvalue weighted by atomic mass is 10.3. The van der Waals surface area contributed by atoms with Gasteiger partial charge in [-0.05, 0) is 19.1 Å². The van der Waals surface area contributed by atoms with E-state index in [1.165, 1.54) is 18.3 Å². The minimum atomic E-state index is -1.03. The van der Waals surface area contributed by atoms with Gasteiger partial charge in [0.2, 0.25) is 0 Å². The van der Waals surface area contributed by atoms with Crippen LogP contribution >= 0.6 is 11.6 Å². The molecule has 0 aliphatic heterocycles. The third-order valence-electron chi connectivity index (χ3n) is 3.02. The summed E-state index contributed by atoms with van der Waals surface area (Å²) in [5.74, 6) is -1.11. The lowest BCUT2D eigenvalue weighted by Crippen LogP contribution is -2.32. The SMILES string of the molecule is C[C@H](CNC(=O)c1cn(-c2cccc(Cl)c2F)nn1)[S@@](C)=O. The second kappa shape index (κ2) is 6.97. The van der Waals surface area contributed by atoms with Gasteiger partial charge >= 0.3 is 0 Å². The van der Waals surface area contributed by atoms with Crippen molar-refractivity contribution in [2.45, 2.75) is 12.2 Å². The number of rotatable bonds is 5. The summed E-state index contributed by atoms with van der Waals surface area (Å²) >= 11 is 5.70. The highest BCUT2D eigenvalue weighted by molar-refractivity contribution is 7.84. The van der Waals surface area contributed by atoms with Crippen molar-refractivity contribution in [3.8, 4) is 5.69 Å². The molecule has 2 atom stereocenters. The highest BCUT2D eigenvalue weighted by atomic mass is 35.5. The van der Waals surface area contributed by atoms with Gasteiger partial charge in [0.05, 0.1) is 11.2 Å². The number of nitrogens with zero attached hydrogens (tertiary/aromatic N) is 3. The Morgan fingerprint density at radius 1 is 1.55 bits per heavy atom. The van der Waals surface area contributed by atoms with E-state index in [0.717, 1.165) is 4.68 Å². The molecule has 0 aliphatic carbocycles. The minimum Gasteiger partial charge on any atom is -0.349 e. The first-order valence-corrected chi connectivity index (χ1v) is 8.37. The Balaban J connectivity index is 2.13. The van der Waals surface area contributed by atoms with Crippen LogP contribution in [-0.2, 0) is 10.8 Å². The molecule has 0 bridgehead atoms. The second-order valence-corrected chi connectivity index (χ2v) is 6.85. The van der Waals surface area contributed by atoms with Gasteiger partial charge < -0.3 is 5.32 Å². The Hall–Kier alpha value is -1.80. The molecule has 9 heteroatoms. The Labute approximate surface area is 134 Å². The fourth-order valence-electron chi connectivity index (χ4n) is 1.60. The molecule has 0 radical (unpaired) electrons. The maximum atomic E-state index is 13.9. The Morgan fingerprint density at radius 3 is 2.95 bits per heavy atom. The molecule has 0 fully saturated rings. The van der Waals surface area contributed by atoms with Gasteiger partial charge in [0, 0.05) is 28.9 Å². The molecule has 1 heterocycles. The number of amides is 1. The van der Waals surface area contributed by atoms with Crippen molar-refractivity contribution >= 4 is 28.3 Å². The molecule has 1 aromatic carbocycles. The molecule has 118 valence electrons. The summed E-state index contributed by atoms with van der Waals surface area (Å²) in [5, 5.41) is 9.80.